The second-order valence-electron chi connectivity index (χ2n) is 8.28. The van der Waals surface area contributed by atoms with Crippen molar-refractivity contribution in [3.05, 3.63) is 108 Å². The van der Waals surface area contributed by atoms with E-state index in [9.17, 15) is 5.11 Å². The van der Waals surface area contributed by atoms with Gasteiger partial charge in [-0.05, 0) is 23.5 Å². The number of aliphatic hydroxyl groups is 1. The summed E-state index contributed by atoms with van der Waals surface area (Å²) in [4.78, 5) is 0. The monoisotopic (exact) mass is 483 g/mol. The van der Waals surface area contributed by atoms with Gasteiger partial charge in [0.25, 0.3) is 0 Å². The first-order chi connectivity index (χ1) is 19.1. The number of rotatable bonds is 13. The molecule has 1 saturated heterocycles. The van der Waals surface area contributed by atoms with Gasteiger partial charge in [-0.1, -0.05) is 91.0 Å². The first-order valence-electron chi connectivity index (χ1n) is 14.1. The zero-order valence-corrected chi connectivity index (χ0v) is 19.4. The van der Waals surface area contributed by atoms with Crippen molar-refractivity contribution in [3.8, 4) is 0 Å². The van der Waals surface area contributed by atoms with Crippen molar-refractivity contribution in [1.82, 2.24) is 0 Å². The van der Waals surface area contributed by atoms with Crippen molar-refractivity contribution in [2.24, 2.45) is 0 Å². The molecule has 1 aliphatic rings. The Labute approximate surface area is 214 Å². The minimum atomic E-state index is -3.10. The Morgan fingerprint density at radius 3 is 2.00 bits per heavy atom. The van der Waals surface area contributed by atoms with Crippen molar-refractivity contribution >= 4 is 0 Å². The van der Waals surface area contributed by atoms with Crippen LogP contribution in [0.2, 0.25) is 0 Å². The zero-order valence-electron chi connectivity index (χ0n) is 24.4. The SMILES string of the molecule is [2H]C([2H])([2H])C([2H])([2H])OC1O[C@H]([C@@H](COCc2ccccc2)OCc2ccccc2)[C@H](OCc2ccccc2)[C@H]1O. The minimum Gasteiger partial charge on any atom is -0.385 e. The van der Waals surface area contributed by atoms with Crippen molar-refractivity contribution in [3.63, 3.8) is 0 Å². The summed E-state index contributed by atoms with van der Waals surface area (Å²) in [5, 5.41) is 11.1. The molecule has 0 spiro atoms. The third-order valence-electron chi connectivity index (χ3n) is 5.76. The van der Waals surface area contributed by atoms with Gasteiger partial charge in [0.05, 0.1) is 29.2 Å². The molecule has 6 nitrogen and oxygen atoms in total. The lowest BCUT2D eigenvalue weighted by atomic mass is 10.1. The lowest BCUT2D eigenvalue weighted by Gasteiger charge is -2.28. The molecule has 0 aromatic heterocycles. The van der Waals surface area contributed by atoms with Gasteiger partial charge in [-0.2, -0.15) is 0 Å². The van der Waals surface area contributed by atoms with Crippen LogP contribution in [0.4, 0.5) is 0 Å². The number of hydrogen-bond acceptors (Lipinski definition) is 6. The number of aliphatic hydroxyl groups excluding tert-OH is 1. The summed E-state index contributed by atoms with van der Waals surface area (Å²) in [5.41, 5.74) is 2.71. The quantitative estimate of drug-likeness (QED) is 0.386. The fraction of sp³-hybridized carbons (Fsp3) is 0.379. The van der Waals surface area contributed by atoms with E-state index in [-0.39, 0.29) is 19.8 Å². The van der Waals surface area contributed by atoms with E-state index in [2.05, 4.69) is 0 Å². The van der Waals surface area contributed by atoms with E-state index in [4.69, 9.17) is 30.5 Å². The van der Waals surface area contributed by atoms with Crippen LogP contribution in [0.25, 0.3) is 0 Å². The molecular weight excluding hydrogens is 444 g/mol. The summed E-state index contributed by atoms with van der Waals surface area (Å²) >= 11 is 0. The molecule has 0 saturated carbocycles. The maximum atomic E-state index is 11.1. The van der Waals surface area contributed by atoms with E-state index in [0.717, 1.165) is 16.7 Å². The van der Waals surface area contributed by atoms with Crippen molar-refractivity contribution in [2.45, 2.75) is 57.4 Å². The van der Waals surface area contributed by atoms with Crippen molar-refractivity contribution < 1.29 is 35.6 Å². The summed E-state index contributed by atoms with van der Waals surface area (Å²) in [6.45, 7) is -5.47. The van der Waals surface area contributed by atoms with Crippen LogP contribution in [0, 0.1) is 0 Å². The molecule has 5 atom stereocenters. The molecule has 0 amide bonds. The molecule has 1 fully saturated rings. The maximum absolute atomic E-state index is 11.1. The Morgan fingerprint density at radius 2 is 1.40 bits per heavy atom. The molecule has 0 aliphatic carbocycles. The van der Waals surface area contributed by atoms with Gasteiger partial charge in [0.1, 0.15) is 24.4 Å². The molecule has 186 valence electrons. The van der Waals surface area contributed by atoms with Crippen LogP contribution in [-0.4, -0.2) is 49.0 Å². The lowest BCUT2D eigenvalue weighted by Crippen LogP contribution is -2.44. The Hall–Kier alpha value is -2.58. The molecule has 1 unspecified atom stereocenters. The molecular formula is C29H34O6. The average Bonchev–Trinajstić information content (AvgIpc) is 3.24. The van der Waals surface area contributed by atoms with Gasteiger partial charge in [-0.15, -0.1) is 0 Å². The number of hydrogen-bond donors (Lipinski definition) is 1. The highest BCUT2D eigenvalue weighted by Crippen LogP contribution is 2.30. The van der Waals surface area contributed by atoms with Crippen LogP contribution in [0.15, 0.2) is 91.0 Å². The van der Waals surface area contributed by atoms with Gasteiger partial charge < -0.3 is 28.8 Å². The van der Waals surface area contributed by atoms with Crippen LogP contribution in [0.5, 0.6) is 0 Å². The predicted octanol–water partition coefficient (Wildman–Crippen LogP) is 4.50. The fourth-order valence-electron chi connectivity index (χ4n) is 3.96. The second kappa shape index (κ2) is 13.5. The topological polar surface area (TPSA) is 66.4 Å². The van der Waals surface area contributed by atoms with Crippen LogP contribution in [0.3, 0.4) is 0 Å². The third-order valence-corrected chi connectivity index (χ3v) is 5.76. The predicted molar refractivity (Wildman–Crippen MR) is 132 cm³/mol. The number of ether oxygens (including phenoxy) is 5. The molecule has 3 aromatic rings. The van der Waals surface area contributed by atoms with Crippen molar-refractivity contribution in [1.29, 1.82) is 0 Å². The number of benzene rings is 3. The van der Waals surface area contributed by atoms with E-state index < -0.39 is 44.1 Å². The molecule has 6 heteroatoms. The molecule has 3 aromatic carbocycles. The summed E-state index contributed by atoms with van der Waals surface area (Å²) in [5.74, 6) is 0. The van der Waals surface area contributed by atoms with E-state index in [1.54, 1.807) is 0 Å². The third kappa shape index (κ3) is 7.45. The summed E-state index contributed by atoms with van der Waals surface area (Å²) in [6.07, 6.45) is -5.87. The van der Waals surface area contributed by atoms with Crippen LogP contribution in [0.1, 0.15) is 30.4 Å². The standard InChI is InChI=1S/C29H34O6/c1-2-32-29-26(30)28(34-20-24-16-10-5-11-17-24)27(35-29)25(33-19-23-14-8-4-9-15-23)21-31-18-22-12-6-3-7-13-22/h3-17,25-30H,2,18-21H2,1H3/t25-,26-,27-,28-,29?/m1/s1/i1D3,2D2. The lowest BCUT2D eigenvalue weighted by molar-refractivity contribution is -0.189. The Morgan fingerprint density at radius 1 is 0.829 bits per heavy atom. The summed E-state index contributed by atoms with van der Waals surface area (Å²) in [7, 11) is 0. The first-order valence-corrected chi connectivity index (χ1v) is 11.6. The Balaban J connectivity index is 1.55. The highest BCUT2D eigenvalue weighted by molar-refractivity contribution is 5.15. The van der Waals surface area contributed by atoms with E-state index in [1.165, 1.54) is 0 Å². The highest BCUT2D eigenvalue weighted by Gasteiger charge is 2.49. The molecule has 1 aliphatic heterocycles. The highest BCUT2D eigenvalue weighted by atomic mass is 16.7. The summed E-state index contributed by atoms with van der Waals surface area (Å²) in [6, 6.07) is 28.4. The van der Waals surface area contributed by atoms with E-state index in [0.29, 0.717) is 6.61 Å². The minimum absolute atomic E-state index is 0.0587. The molecule has 0 radical (unpaired) electrons. The average molecular weight is 484 g/mol. The van der Waals surface area contributed by atoms with Gasteiger partial charge in [-0.3, -0.25) is 0 Å². The van der Waals surface area contributed by atoms with Gasteiger partial charge >= 0.3 is 0 Å². The van der Waals surface area contributed by atoms with Crippen LogP contribution in [-0.2, 0) is 43.5 Å². The molecule has 0 bridgehead atoms. The zero-order chi connectivity index (χ0) is 28.6. The van der Waals surface area contributed by atoms with Gasteiger partial charge in [0.2, 0.25) is 0 Å². The van der Waals surface area contributed by atoms with Gasteiger partial charge in [0.15, 0.2) is 6.29 Å². The van der Waals surface area contributed by atoms with Crippen LogP contribution < -0.4 is 0 Å². The van der Waals surface area contributed by atoms with E-state index in [1.807, 2.05) is 91.0 Å². The smallest absolute Gasteiger partial charge is 0.186 e. The van der Waals surface area contributed by atoms with Gasteiger partial charge in [0, 0.05) is 10.7 Å². The van der Waals surface area contributed by atoms with Crippen molar-refractivity contribution in [2.75, 3.05) is 13.2 Å². The maximum Gasteiger partial charge on any atom is 0.186 e. The molecule has 35 heavy (non-hydrogen) atoms. The normalized spacial score (nSPS) is 25.7. The first kappa shape index (κ1) is 19.6. The van der Waals surface area contributed by atoms with Gasteiger partial charge in [-0.25, -0.2) is 0 Å². The van der Waals surface area contributed by atoms with Crippen LogP contribution >= 0.6 is 0 Å². The molecule has 4 rings (SSSR count). The Bertz CT molecular complexity index is 1150. The molecule has 1 heterocycles. The Kier molecular flexibility index (Phi) is 7.55. The molecule has 1 N–H and O–H groups in total. The second-order valence-corrected chi connectivity index (χ2v) is 8.28. The fourth-order valence-corrected chi connectivity index (χ4v) is 3.96. The van der Waals surface area contributed by atoms with E-state index >= 15 is 0 Å². The summed E-state index contributed by atoms with van der Waals surface area (Å²) < 4.78 is 67.7. The largest absolute Gasteiger partial charge is 0.385 e.